The molecule has 2 aromatic heterocycles. The molecule has 0 spiro atoms. The third kappa shape index (κ3) is 4.35. The van der Waals surface area contributed by atoms with Crippen LogP contribution in [0.15, 0.2) is 67.0 Å². The minimum absolute atomic E-state index is 0.0325. The Balaban J connectivity index is 1.56. The maximum Gasteiger partial charge on any atom is 0.416 e. The number of hydrogen-bond donors (Lipinski definition) is 0. The smallest absolute Gasteiger partial charge is 0.338 e. The summed E-state index contributed by atoms with van der Waals surface area (Å²) in [4.78, 5) is 23.2. The molecule has 1 fully saturated rings. The molecule has 1 unspecified atom stereocenters. The Labute approximate surface area is 172 Å². The minimum atomic E-state index is -4.40. The van der Waals surface area contributed by atoms with E-state index in [4.69, 9.17) is 0 Å². The van der Waals surface area contributed by atoms with E-state index in [-0.39, 0.29) is 11.8 Å². The third-order valence-corrected chi connectivity index (χ3v) is 5.29. The molecule has 0 saturated carbocycles. The highest BCUT2D eigenvalue weighted by Gasteiger charge is 2.31. The quantitative estimate of drug-likeness (QED) is 0.596. The van der Waals surface area contributed by atoms with E-state index in [1.807, 2.05) is 6.07 Å². The first-order chi connectivity index (χ1) is 14.4. The first-order valence-electron chi connectivity index (χ1n) is 9.76. The van der Waals surface area contributed by atoms with Crippen LogP contribution in [-0.4, -0.2) is 33.9 Å². The van der Waals surface area contributed by atoms with E-state index >= 15 is 0 Å². The summed E-state index contributed by atoms with van der Waals surface area (Å²) >= 11 is 0. The van der Waals surface area contributed by atoms with Gasteiger partial charge in [-0.2, -0.15) is 13.2 Å². The lowest BCUT2D eigenvalue weighted by Gasteiger charge is -2.32. The van der Waals surface area contributed by atoms with E-state index in [9.17, 15) is 18.0 Å². The summed E-state index contributed by atoms with van der Waals surface area (Å²) in [5, 5.41) is 0. The van der Waals surface area contributed by atoms with Gasteiger partial charge in [0.25, 0.3) is 5.91 Å². The molecular weight excluding hydrogens is 391 g/mol. The summed E-state index contributed by atoms with van der Waals surface area (Å²) < 4.78 is 39.2. The SMILES string of the molecule is O=C(c1cccnc1)N1CCCC(c2cccc(-c3cccc(C(F)(F)F)c3)n2)C1. The number of carbonyl (C=O) groups is 1. The van der Waals surface area contributed by atoms with Crippen LogP contribution in [-0.2, 0) is 6.18 Å². The van der Waals surface area contributed by atoms with E-state index in [0.717, 1.165) is 30.7 Å². The fourth-order valence-electron chi connectivity index (χ4n) is 3.77. The van der Waals surface area contributed by atoms with Crippen molar-refractivity contribution in [3.63, 3.8) is 0 Å². The first-order valence-corrected chi connectivity index (χ1v) is 9.76. The number of amides is 1. The van der Waals surface area contributed by atoms with Crippen molar-refractivity contribution in [2.24, 2.45) is 0 Å². The van der Waals surface area contributed by atoms with E-state index in [1.54, 1.807) is 47.6 Å². The van der Waals surface area contributed by atoms with Crippen LogP contribution in [0.25, 0.3) is 11.3 Å². The minimum Gasteiger partial charge on any atom is -0.338 e. The molecule has 0 bridgehead atoms. The summed E-state index contributed by atoms with van der Waals surface area (Å²) in [6.45, 7) is 1.18. The number of alkyl halides is 3. The number of likely N-dealkylation sites (tertiary alicyclic amines) is 1. The highest BCUT2D eigenvalue weighted by molar-refractivity contribution is 5.94. The summed E-state index contributed by atoms with van der Waals surface area (Å²) in [6, 6.07) is 14.0. The molecule has 4 rings (SSSR count). The molecule has 1 saturated heterocycles. The van der Waals surface area contributed by atoms with Gasteiger partial charge in [0, 0.05) is 42.7 Å². The van der Waals surface area contributed by atoms with Crippen molar-refractivity contribution in [2.75, 3.05) is 13.1 Å². The van der Waals surface area contributed by atoms with Crippen LogP contribution in [0.3, 0.4) is 0 Å². The van der Waals surface area contributed by atoms with Crippen molar-refractivity contribution in [1.82, 2.24) is 14.9 Å². The second-order valence-electron chi connectivity index (χ2n) is 7.36. The van der Waals surface area contributed by atoms with Gasteiger partial charge in [-0.1, -0.05) is 18.2 Å². The fraction of sp³-hybridized carbons (Fsp3) is 0.261. The maximum absolute atomic E-state index is 13.1. The number of nitrogens with zero attached hydrogens (tertiary/aromatic N) is 3. The topological polar surface area (TPSA) is 46.1 Å². The zero-order valence-electron chi connectivity index (χ0n) is 16.1. The normalized spacial score (nSPS) is 17.0. The largest absolute Gasteiger partial charge is 0.416 e. The summed E-state index contributed by atoms with van der Waals surface area (Å²) in [5.74, 6) is -0.0352. The second-order valence-corrected chi connectivity index (χ2v) is 7.36. The molecule has 1 aromatic carbocycles. The molecular formula is C23H20F3N3O. The van der Waals surface area contributed by atoms with Crippen molar-refractivity contribution < 1.29 is 18.0 Å². The lowest BCUT2D eigenvalue weighted by molar-refractivity contribution is -0.137. The number of rotatable bonds is 3. The van der Waals surface area contributed by atoms with Crippen molar-refractivity contribution in [2.45, 2.75) is 24.9 Å². The van der Waals surface area contributed by atoms with E-state index in [1.165, 1.54) is 6.07 Å². The van der Waals surface area contributed by atoms with Gasteiger partial charge in [-0.25, -0.2) is 0 Å². The molecule has 0 N–H and O–H groups in total. The molecule has 154 valence electrons. The van der Waals surface area contributed by atoms with Gasteiger partial charge in [-0.15, -0.1) is 0 Å². The fourth-order valence-corrected chi connectivity index (χ4v) is 3.77. The van der Waals surface area contributed by atoms with Crippen LogP contribution in [0.2, 0.25) is 0 Å². The summed E-state index contributed by atoms with van der Waals surface area (Å²) in [5.41, 5.74) is 1.55. The maximum atomic E-state index is 13.1. The van der Waals surface area contributed by atoms with Gasteiger partial charge in [-0.05, 0) is 49.2 Å². The predicted molar refractivity (Wildman–Crippen MR) is 107 cm³/mol. The molecule has 0 aliphatic carbocycles. The van der Waals surface area contributed by atoms with E-state index in [0.29, 0.717) is 29.9 Å². The van der Waals surface area contributed by atoms with E-state index < -0.39 is 11.7 Å². The Bertz CT molecular complexity index is 1040. The Hall–Kier alpha value is -3.22. The van der Waals surface area contributed by atoms with Gasteiger partial charge in [0.2, 0.25) is 0 Å². The molecule has 4 nitrogen and oxygen atoms in total. The van der Waals surface area contributed by atoms with Gasteiger partial charge in [0.1, 0.15) is 0 Å². The van der Waals surface area contributed by atoms with E-state index in [2.05, 4.69) is 9.97 Å². The average molecular weight is 411 g/mol. The number of pyridine rings is 2. The average Bonchev–Trinajstić information content (AvgIpc) is 2.79. The zero-order chi connectivity index (χ0) is 21.1. The van der Waals surface area contributed by atoms with Crippen LogP contribution >= 0.6 is 0 Å². The van der Waals surface area contributed by atoms with Crippen LogP contribution in [0.1, 0.15) is 40.4 Å². The first kappa shape index (κ1) is 20.1. The number of hydrogen-bond acceptors (Lipinski definition) is 3. The molecule has 1 aliphatic heterocycles. The van der Waals surface area contributed by atoms with Crippen molar-refractivity contribution in [3.8, 4) is 11.3 Å². The van der Waals surface area contributed by atoms with Gasteiger partial charge in [0.15, 0.2) is 0 Å². The van der Waals surface area contributed by atoms with Crippen molar-refractivity contribution >= 4 is 5.91 Å². The lowest BCUT2D eigenvalue weighted by Crippen LogP contribution is -2.39. The molecule has 1 atom stereocenters. The molecule has 1 amide bonds. The monoisotopic (exact) mass is 411 g/mol. The summed E-state index contributed by atoms with van der Waals surface area (Å²) in [7, 11) is 0. The lowest BCUT2D eigenvalue weighted by atomic mass is 9.93. The number of carbonyl (C=O) groups excluding carboxylic acids is 1. The standard InChI is InChI=1S/C23H20F3N3O/c24-23(25,26)19-8-1-5-16(13-19)20-9-2-10-21(28-20)18-7-4-12-29(15-18)22(30)17-6-3-11-27-14-17/h1-3,5-6,8-11,13-14,18H,4,7,12,15H2. The Morgan fingerprint density at radius 1 is 1.07 bits per heavy atom. The second kappa shape index (κ2) is 8.26. The highest BCUT2D eigenvalue weighted by Crippen LogP contribution is 2.33. The van der Waals surface area contributed by atoms with Crippen molar-refractivity contribution in [3.05, 3.63) is 83.8 Å². The van der Waals surface area contributed by atoms with Gasteiger partial charge < -0.3 is 4.90 Å². The van der Waals surface area contributed by atoms with Gasteiger partial charge >= 0.3 is 6.18 Å². The summed E-state index contributed by atoms with van der Waals surface area (Å²) in [6.07, 6.45) is 0.490. The van der Waals surface area contributed by atoms with Crippen LogP contribution < -0.4 is 0 Å². The van der Waals surface area contributed by atoms with Gasteiger partial charge in [0.05, 0.1) is 16.8 Å². The highest BCUT2D eigenvalue weighted by atomic mass is 19.4. The molecule has 30 heavy (non-hydrogen) atoms. The zero-order valence-corrected chi connectivity index (χ0v) is 16.1. The Morgan fingerprint density at radius 3 is 2.67 bits per heavy atom. The van der Waals surface area contributed by atoms with Crippen LogP contribution in [0, 0.1) is 0 Å². The molecule has 1 aliphatic rings. The van der Waals surface area contributed by atoms with Crippen LogP contribution in [0.5, 0.6) is 0 Å². The molecule has 3 aromatic rings. The number of halogens is 3. The molecule has 7 heteroatoms. The predicted octanol–water partition coefficient (Wildman–Crippen LogP) is 5.18. The number of aromatic nitrogens is 2. The Kier molecular flexibility index (Phi) is 5.53. The van der Waals surface area contributed by atoms with Gasteiger partial charge in [-0.3, -0.25) is 14.8 Å². The Morgan fingerprint density at radius 2 is 1.90 bits per heavy atom. The number of benzene rings is 1. The number of piperidine rings is 1. The third-order valence-electron chi connectivity index (χ3n) is 5.29. The molecule has 0 radical (unpaired) electrons. The molecule has 3 heterocycles. The van der Waals surface area contributed by atoms with Crippen LogP contribution in [0.4, 0.5) is 13.2 Å². The van der Waals surface area contributed by atoms with Crippen molar-refractivity contribution in [1.29, 1.82) is 0 Å².